The van der Waals surface area contributed by atoms with E-state index in [1.54, 1.807) is 0 Å². The van der Waals surface area contributed by atoms with Gasteiger partial charge in [0.25, 0.3) is 0 Å². The summed E-state index contributed by atoms with van der Waals surface area (Å²) in [5.41, 5.74) is 4.24. The first kappa shape index (κ1) is 53.6. The van der Waals surface area contributed by atoms with Gasteiger partial charge in [0.15, 0.2) is 22.8 Å². The molecule has 0 spiro atoms. The molecule has 29 heteroatoms. The third-order valence-corrected chi connectivity index (χ3v) is 13.0. The van der Waals surface area contributed by atoms with Crippen LogP contribution in [0.15, 0.2) is 24.8 Å². The minimum atomic E-state index is -5.58. The van der Waals surface area contributed by atoms with Crippen LogP contribution in [0.1, 0.15) is 78.4 Å². The number of allylic oxidation sites excluding steroid dienone is 1. The molecule has 62 heavy (non-hydrogen) atoms. The van der Waals surface area contributed by atoms with Gasteiger partial charge in [-0.2, -0.15) is 4.31 Å². The van der Waals surface area contributed by atoms with E-state index in [2.05, 4.69) is 41.3 Å². The fourth-order valence-electron chi connectivity index (χ4n) is 5.69. The number of ether oxygens (including phenoxy) is 1. The fourth-order valence-corrected chi connectivity index (χ4v) is 9.26. The van der Waals surface area contributed by atoms with Crippen LogP contribution in [-0.4, -0.2) is 134 Å². The Morgan fingerprint density at radius 3 is 2.42 bits per heavy atom. The number of phosphoric acid groups is 3. The summed E-state index contributed by atoms with van der Waals surface area (Å²) in [6.07, 6.45) is 1.94. The van der Waals surface area contributed by atoms with Gasteiger partial charge in [-0.3, -0.25) is 32.5 Å². The molecule has 2 aromatic rings. The molecule has 1 aliphatic rings. The van der Waals surface area contributed by atoms with E-state index in [-0.39, 0.29) is 53.8 Å². The molecule has 25 nitrogen and oxygen atoms in total. The van der Waals surface area contributed by atoms with E-state index >= 15 is 0 Å². The number of hydrogen-bond acceptors (Lipinski definition) is 19. The van der Waals surface area contributed by atoms with E-state index in [0.717, 1.165) is 54.7 Å². The van der Waals surface area contributed by atoms with Crippen molar-refractivity contribution in [2.75, 3.05) is 37.8 Å². The highest BCUT2D eigenvalue weighted by Gasteiger charge is 2.50. The van der Waals surface area contributed by atoms with E-state index in [4.69, 9.17) is 19.5 Å². The van der Waals surface area contributed by atoms with Crippen LogP contribution in [0.4, 0.5) is 5.82 Å². The monoisotopic (exact) mass is 963 g/mol. The van der Waals surface area contributed by atoms with Crippen molar-refractivity contribution >= 4 is 69.1 Å². The number of unbranched alkanes of at least 4 members (excludes halogenated alkanes) is 4. The van der Waals surface area contributed by atoms with Gasteiger partial charge in [0.2, 0.25) is 11.8 Å². The second kappa shape index (κ2) is 24.5. The van der Waals surface area contributed by atoms with Crippen LogP contribution < -0.4 is 16.4 Å². The van der Waals surface area contributed by atoms with Gasteiger partial charge in [0, 0.05) is 37.1 Å². The second-order valence-electron chi connectivity index (χ2n) is 14.7. The van der Waals surface area contributed by atoms with Gasteiger partial charge < -0.3 is 56.0 Å². The predicted molar refractivity (Wildman–Crippen MR) is 220 cm³/mol. The Kier molecular flexibility index (Phi) is 21.2. The first-order chi connectivity index (χ1) is 28.9. The zero-order valence-corrected chi connectivity index (χ0v) is 37.7. The molecule has 3 rings (SSSR count). The van der Waals surface area contributed by atoms with Gasteiger partial charge in [-0.25, -0.2) is 28.6 Å². The highest BCUT2D eigenvalue weighted by atomic mass is 32.2. The van der Waals surface area contributed by atoms with Crippen LogP contribution in [-0.2, 0) is 50.7 Å². The van der Waals surface area contributed by atoms with Gasteiger partial charge >= 0.3 is 23.5 Å². The van der Waals surface area contributed by atoms with Crippen LogP contribution in [0.5, 0.6) is 0 Å². The number of nitrogen functional groups attached to an aromatic ring is 1. The van der Waals surface area contributed by atoms with E-state index in [1.807, 2.05) is 12.2 Å². The summed E-state index contributed by atoms with van der Waals surface area (Å²) in [5.74, 6) is -1.26. The Balaban J connectivity index is 1.40. The average Bonchev–Trinajstić information content (AvgIpc) is 3.74. The van der Waals surface area contributed by atoms with Crippen LogP contribution >= 0.6 is 35.2 Å². The number of anilines is 1. The quantitative estimate of drug-likeness (QED) is 0.0327. The number of hydrogen-bond donors (Lipinski definition) is 10. The van der Waals surface area contributed by atoms with Gasteiger partial charge in [0.05, 0.1) is 25.6 Å². The standard InChI is InChI=1S/C33H56N7O18P3S/c1-4-5-6-7-8-9-10-11-21(41)16-24(43)62-15-14-35-23(42)12-13-36-31(46)28(45)33(2,3)18-55-61(52,53)58-60(50,51)54-17-22-27(57-59(47,48)49)26(44)32(56-22)40-20-39-25-29(34)37-19-38-30(25)40/h9-10,19-22,26-28,32,41,44-45H,4-8,11-18H2,1-3H3,(H,35,42)(H,36,46)(H,50,51)(H,52,53)(H2,34,37,38)(H2,47,48,49)/b10-9-/t21-,22+,26-,27-,28?,32+/m0/s1. The number of amides is 2. The molecule has 0 saturated carbocycles. The molecule has 1 saturated heterocycles. The number of nitrogens with zero attached hydrogens (tertiary/aromatic N) is 4. The van der Waals surface area contributed by atoms with Crippen molar-refractivity contribution in [2.24, 2.45) is 5.41 Å². The molecule has 0 aromatic carbocycles. The third-order valence-electron chi connectivity index (χ3n) is 8.97. The van der Waals surface area contributed by atoms with Crippen molar-refractivity contribution in [3.8, 4) is 0 Å². The normalized spacial score (nSPS) is 21.4. The van der Waals surface area contributed by atoms with Crippen molar-refractivity contribution in [3.63, 3.8) is 0 Å². The van der Waals surface area contributed by atoms with Crippen molar-refractivity contribution < 1.29 is 85.6 Å². The third kappa shape index (κ3) is 18.0. The summed E-state index contributed by atoms with van der Waals surface area (Å²) in [5, 5.41) is 36.3. The summed E-state index contributed by atoms with van der Waals surface area (Å²) in [4.78, 5) is 88.0. The van der Waals surface area contributed by atoms with E-state index in [1.165, 1.54) is 20.3 Å². The molecule has 2 amide bonds. The number of nitrogens with one attached hydrogen (secondary N) is 2. The van der Waals surface area contributed by atoms with Gasteiger partial charge in [-0.1, -0.05) is 63.9 Å². The number of phosphoric ester groups is 3. The van der Waals surface area contributed by atoms with Crippen molar-refractivity contribution in [2.45, 2.75) is 109 Å². The Morgan fingerprint density at radius 1 is 1.02 bits per heavy atom. The highest BCUT2D eigenvalue weighted by molar-refractivity contribution is 8.13. The average molecular weight is 964 g/mol. The van der Waals surface area contributed by atoms with Crippen LogP contribution in [0, 0.1) is 5.41 Å². The topological polar surface area (TPSA) is 384 Å². The number of fused-ring (bicyclic) bond motifs is 1. The summed E-state index contributed by atoms with van der Waals surface area (Å²) >= 11 is 0.967. The first-order valence-electron chi connectivity index (χ1n) is 19.3. The Bertz CT molecular complexity index is 1970. The number of carbonyl (C=O) groups excluding carboxylic acids is 3. The van der Waals surface area contributed by atoms with Crippen LogP contribution in [0.25, 0.3) is 11.2 Å². The molecule has 0 aliphatic carbocycles. The molecule has 3 unspecified atom stereocenters. The first-order valence-corrected chi connectivity index (χ1v) is 24.8. The number of aliphatic hydroxyl groups excluding tert-OH is 3. The van der Waals surface area contributed by atoms with Crippen molar-refractivity contribution in [3.05, 3.63) is 24.8 Å². The molecule has 1 aliphatic heterocycles. The van der Waals surface area contributed by atoms with Gasteiger partial charge in [0.1, 0.15) is 36.3 Å². The minimum absolute atomic E-state index is 0.0263. The van der Waals surface area contributed by atoms with Crippen molar-refractivity contribution in [1.82, 2.24) is 30.2 Å². The van der Waals surface area contributed by atoms with E-state index < -0.39 is 90.7 Å². The minimum Gasteiger partial charge on any atom is -0.392 e. The van der Waals surface area contributed by atoms with E-state index in [0.29, 0.717) is 6.42 Å². The summed E-state index contributed by atoms with van der Waals surface area (Å²) in [6, 6.07) is 0. The van der Waals surface area contributed by atoms with Crippen LogP contribution in [0.3, 0.4) is 0 Å². The predicted octanol–water partition coefficient (Wildman–Crippen LogP) is 1.33. The Hall–Kier alpha value is -2.74. The lowest BCUT2D eigenvalue weighted by Gasteiger charge is -2.30. The molecule has 0 bridgehead atoms. The molecule has 8 atom stereocenters. The molecule has 352 valence electrons. The Labute approximate surface area is 361 Å². The lowest BCUT2D eigenvalue weighted by molar-refractivity contribution is -0.137. The maximum Gasteiger partial charge on any atom is 0.481 e. The van der Waals surface area contributed by atoms with Crippen molar-refractivity contribution in [1.29, 1.82) is 0 Å². The molecule has 0 radical (unpaired) electrons. The number of carbonyl (C=O) groups is 3. The lowest BCUT2D eigenvalue weighted by atomic mass is 9.87. The highest BCUT2D eigenvalue weighted by Crippen LogP contribution is 2.61. The molecule has 1 fully saturated rings. The summed E-state index contributed by atoms with van der Waals surface area (Å²) < 4.78 is 62.2. The second-order valence-corrected chi connectivity index (χ2v) is 20.1. The number of aromatic nitrogens is 4. The molecular weight excluding hydrogens is 907 g/mol. The summed E-state index contributed by atoms with van der Waals surface area (Å²) in [6.45, 7) is 2.50. The molecule has 2 aromatic heterocycles. The van der Waals surface area contributed by atoms with Gasteiger partial charge in [-0.15, -0.1) is 0 Å². The molecule has 3 heterocycles. The fraction of sp³-hybridized carbons (Fsp3) is 0.697. The Morgan fingerprint density at radius 2 is 1.73 bits per heavy atom. The van der Waals surface area contributed by atoms with Gasteiger partial charge in [-0.05, 0) is 19.3 Å². The molecule has 11 N–H and O–H groups in total. The lowest BCUT2D eigenvalue weighted by Crippen LogP contribution is -2.46. The van der Waals surface area contributed by atoms with E-state index in [9.17, 15) is 63.0 Å². The molecular formula is C33H56N7O18P3S. The number of thioether (sulfide) groups is 1. The SMILES string of the molecule is CCCCCC/C=C\C[C@H](O)CC(=O)SCCNC(=O)CCNC(=O)C(O)C(C)(C)COP(=O)(O)OP(=O)(O)OC[C@H]1O[C@@H](n2cnc3c(N)ncnc32)[C@@H](O)[C@H]1OP(=O)(O)O. The smallest absolute Gasteiger partial charge is 0.392 e. The number of rotatable bonds is 28. The number of aliphatic hydroxyl groups is 3. The number of nitrogens with two attached hydrogens (primary N) is 1. The zero-order valence-electron chi connectivity index (χ0n) is 34.2. The van der Waals surface area contributed by atoms with Crippen LogP contribution in [0.2, 0.25) is 0 Å². The largest absolute Gasteiger partial charge is 0.481 e. The zero-order chi connectivity index (χ0) is 46.3. The maximum atomic E-state index is 12.7. The maximum absolute atomic E-state index is 12.7. The number of imidazole rings is 1. The summed E-state index contributed by atoms with van der Waals surface area (Å²) in [7, 11) is -16.4.